The van der Waals surface area contributed by atoms with E-state index in [1.54, 1.807) is 4.90 Å². The van der Waals surface area contributed by atoms with E-state index in [1.807, 2.05) is 31.2 Å². The minimum atomic E-state index is -0.799. The molecule has 1 aliphatic rings. The van der Waals surface area contributed by atoms with Crippen LogP contribution in [-0.4, -0.2) is 34.5 Å². The van der Waals surface area contributed by atoms with E-state index < -0.39 is 11.9 Å². The van der Waals surface area contributed by atoms with Gasteiger partial charge < -0.3 is 10.0 Å². The zero-order valence-corrected chi connectivity index (χ0v) is 12.7. The number of likely N-dealkylation sites (tertiary alicyclic amines) is 1. The first kappa shape index (κ1) is 15.5. The Bertz CT molecular complexity index is 509. The predicted octanol–water partition coefficient (Wildman–Crippen LogP) is 2.50. The first-order chi connectivity index (χ1) is 10.0. The number of carboxylic acid groups (broad SMARTS) is 1. The molecule has 0 saturated carbocycles. The van der Waals surface area contributed by atoms with E-state index in [4.69, 9.17) is 5.11 Å². The van der Waals surface area contributed by atoms with Crippen LogP contribution in [0.15, 0.2) is 24.3 Å². The van der Waals surface area contributed by atoms with Gasteiger partial charge in [-0.1, -0.05) is 31.2 Å². The molecule has 0 bridgehead atoms. The largest absolute Gasteiger partial charge is 0.481 e. The van der Waals surface area contributed by atoms with Crippen LogP contribution in [0.1, 0.15) is 37.8 Å². The standard InChI is InChI=1S/C17H23NO3/c1-3-13-5-7-14(8-6-13)10-16(19)18-11-15(17(20)21)9-4-12(18)2/h5-8,12,15H,3-4,9-11H2,1-2H3,(H,20,21). The highest BCUT2D eigenvalue weighted by atomic mass is 16.4. The van der Waals surface area contributed by atoms with Crippen molar-refractivity contribution in [1.29, 1.82) is 0 Å². The molecular formula is C17H23NO3. The second-order valence-corrected chi connectivity index (χ2v) is 5.85. The number of benzene rings is 1. The lowest BCUT2D eigenvalue weighted by Crippen LogP contribution is -2.47. The monoisotopic (exact) mass is 289 g/mol. The molecule has 2 rings (SSSR count). The molecule has 0 aromatic heterocycles. The molecule has 4 nitrogen and oxygen atoms in total. The Morgan fingerprint density at radius 2 is 1.81 bits per heavy atom. The zero-order chi connectivity index (χ0) is 15.4. The van der Waals surface area contributed by atoms with Gasteiger partial charge >= 0.3 is 5.97 Å². The number of hydrogen-bond donors (Lipinski definition) is 1. The third-order valence-electron chi connectivity index (χ3n) is 4.34. The highest BCUT2D eigenvalue weighted by Gasteiger charge is 2.32. The van der Waals surface area contributed by atoms with Crippen molar-refractivity contribution in [2.24, 2.45) is 5.92 Å². The molecule has 4 heteroatoms. The highest BCUT2D eigenvalue weighted by molar-refractivity contribution is 5.80. The molecule has 1 fully saturated rings. The minimum absolute atomic E-state index is 0.0256. The average Bonchev–Trinajstić information content (AvgIpc) is 2.48. The average molecular weight is 289 g/mol. The summed E-state index contributed by atoms with van der Waals surface area (Å²) in [5, 5.41) is 9.13. The van der Waals surface area contributed by atoms with Crippen LogP contribution in [0.2, 0.25) is 0 Å². The van der Waals surface area contributed by atoms with Gasteiger partial charge in [-0.15, -0.1) is 0 Å². The number of carbonyl (C=O) groups is 2. The number of amides is 1. The topological polar surface area (TPSA) is 57.6 Å². The first-order valence-corrected chi connectivity index (χ1v) is 7.61. The van der Waals surface area contributed by atoms with Gasteiger partial charge in [0.25, 0.3) is 0 Å². The summed E-state index contributed by atoms with van der Waals surface area (Å²) in [5.74, 6) is -1.20. The van der Waals surface area contributed by atoms with Crippen LogP contribution in [0.25, 0.3) is 0 Å². The molecule has 1 amide bonds. The molecule has 2 atom stereocenters. The van der Waals surface area contributed by atoms with Gasteiger partial charge in [0, 0.05) is 12.6 Å². The molecular weight excluding hydrogens is 266 g/mol. The molecule has 1 heterocycles. The smallest absolute Gasteiger partial charge is 0.308 e. The molecule has 2 unspecified atom stereocenters. The second-order valence-electron chi connectivity index (χ2n) is 5.85. The summed E-state index contributed by atoms with van der Waals surface area (Å²) in [6.45, 7) is 4.43. The third-order valence-corrected chi connectivity index (χ3v) is 4.34. The number of carbonyl (C=O) groups excluding carboxylic acids is 1. The van der Waals surface area contributed by atoms with Gasteiger partial charge in [-0.25, -0.2) is 0 Å². The fourth-order valence-corrected chi connectivity index (χ4v) is 2.83. The van der Waals surface area contributed by atoms with Crippen molar-refractivity contribution in [3.8, 4) is 0 Å². The molecule has 0 radical (unpaired) electrons. The van der Waals surface area contributed by atoms with Crippen molar-refractivity contribution in [3.05, 3.63) is 35.4 Å². The van der Waals surface area contributed by atoms with Crippen LogP contribution >= 0.6 is 0 Å². The van der Waals surface area contributed by atoms with E-state index >= 15 is 0 Å². The van der Waals surface area contributed by atoms with Crippen LogP contribution in [0.5, 0.6) is 0 Å². The molecule has 1 saturated heterocycles. The summed E-state index contributed by atoms with van der Waals surface area (Å²) in [6, 6.07) is 8.19. The Morgan fingerprint density at radius 3 is 2.38 bits per heavy atom. The predicted molar refractivity (Wildman–Crippen MR) is 81.1 cm³/mol. The number of hydrogen-bond acceptors (Lipinski definition) is 2. The number of rotatable bonds is 4. The van der Waals surface area contributed by atoms with E-state index in [0.717, 1.165) is 18.4 Å². The third kappa shape index (κ3) is 3.84. The van der Waals surface area contributed by atoms with Gasteiger partial charge in [-0.05, 0) is 37.3 Å². The number of piperidine rings is 1. The summed E-state index contributed by atoms with van der Waals surface area (Å²) in [6.07, 6.45) is 2.75. The number of nitrogens with zero attached hydrogens (tertiary/aromatic N) is 1. The fourth-order valence-electron chi connectivity index (χ4n) is 2.83. The molecule has 1 N–H and O–H groups in total. The maximum absolute atomic E-state index is 12.4. The molecule has 114 valence electrons. The van der Waals surface area contributed by atoms with E-state index in [2.05, 4.69) is 6.92 Å². The Kier molecular flexibility index (Phi) is 4.99. The number of aryl methyl sites for hydroxylation is 1. The summed E-state index contributed by atoms with van der Waals surface area (Å²) in [7, 11) is 0. The summed E-state index contributed by atoms with van der Waals surface area (Å²) in [5.41, 5.74) is 2.24. The second kappa shape index (κ2) is 6.74. The maximum atomic E-state index is 12.4. The lowest BCUT2D eigenvalue weighted by atomic mass is 9.93. The molecule has 0 aliphatic carbocycles. The Hall–Kier alpha value is -1.84. The van der Waals surface area contributed by atoms with E-state index in [1.165, 1.54) is 5.56 Å². The maximum Gasteiger partial charge on any atom is 0.308 e. The van der Waals surface area contributed by atoms with Gasteiger partial charge in [0.15, 0.2) is 0 Å². The van der Waals surface area contributed by atoms with Crippen molar-refractivity contribution in [2.75, 3.05) is 6.54 Å². The van der Waals surface area contributed by atoms with Gasteiger partial charge in [0.2, 0.25) is 5.91 Å². The van der Waals surface area contributed by atoms with Crippen molar-refractivity contribution >= 4 is 11.9 Å². The first-order valence-electron chi connectivity index (χ1n) is 7.61. The zero-order valence-electron chi connectivity index (χ0n) is 12.7. The van der Waals surface area contributed by atoms with Crippen LogP contribution in [0.3, 0.4) is 0 Å². The van der Waals surface area contributed by atoms with Gasteiger partial charge in [0.05, 0.1) is 12.3 Å². The molecule has 21 heavy (non-hydrogen) atoms. The van der Waals surface area contributed by atoms with Gasteiger partial charge in [-0.2, -0.15) is 0 Å². The van der Waals surface area contributed by atoms with Crippen LogP contribution in [-0.2, 0) is 22.4 Å². The Morgan fingerprint density at radius 1 is 1.19 bits per heavy atom. The summed E-state index contributed by atoms with van der Waals surface area (Å²) >= 11 is 0. The van der Waals surface area contributed by atoms with Crippen molar-refractivity contribution in [3.63, 3.8) is 0 Å². The number of aliphatic carboxylic acids is 1. The highest BCUT2D eigenvalue weighted by Crippen LogP contribution is 2.23. The lowest BCUT2D eigenvalue weighted by Gasteiger charge is -2.36. The summed E-state index contributed by atoms with van der Waals surface area (Å²) < 4.78 is 0. The molecule has 1 aliphatic heterocycles. The Balaban J connectivity index is 2.01. The van der Waals surface area contributed by atoms with Crippen LogP contribution in [0.4, 0.5) is 0 Å². The van der Waals surface area contributed by atoms with Gasteiger partial charge in [-0.3, -0.25) is 9.59 Å². The quantitative estimate of drug-likeness (QED) is 0.926. The fraction of sp³-hybridized carbons (Fsp3) is 0.529. The van der Waals surface area contributed by atoms with Crippen molar-refractivity contribution < 1.29 is 14.7 Å². The van der Waals surface area contributed by atoms with Crippen LogP contribution in [0, 0.1) is 5.92 Å². The Labute approximate surface area is 125 Å². The van der Waals surface area contributed by atoms with Crippen LogP contribution < -0.4 is 0 Å². The SMILES string of the molecule is CCc1ccc(CC(=O)N2CC(C(=O)O)CCC2C)cc1. The normalized spacial score (nSPS) is 22.1. The van der Waals surface area contributed by atoms with Crippen molar-refractivity contribution in [2.45, 2.75) is 45.6 Å². The molecule has 1 aromatic carbocycles. The minimum Gasteiger partial charge on any atom is -0.481 e. The van der Waals surface area contributed by atoms with E-state index in [0.29, 0.717) is 19.4 Å². The molecule has 0 spiro atoms. The van der Waals surface area contributed by atoms with Crippen molar-refractivity contribution in [1.82, 2.24) is 4.90 Å². The van der Waals surface area contributed by atoms with E-state index in [-0.39, 0.29) is 11.9 Å². The van der Waals surface area contributed by atoms with Gasteiger partial charge in [0.1, 0.15) is 0 Å². The summed E-state index contributed by atoms with van der Waals surface area (Å²) in [4.78, 5) is 25.3. The van der Waals surface area contributed by atoms with E-state index in [9.17, 15) is 9.59 Å². The molecule has 1 aromatic rings. The lowest BCUT2D eigenvalue weighted by molar-refractivity contribution is -0.146. The number of carboxylic acids is 1.